The molecule has 3 rings (SSSR count). The van der Waals surface area contributed by atoms with E-state index in [2.05, 4.69) is 28.3 Å². The van der Waals surface area contributed by atoms with E-state index in [0.717, 1.165) is 30.0 Å². The van der Waals surface area contributed by atoms with Gasteiger partial charge in [-0.1, -0.05) is 12.2 Å². The molecule has 0 bridgehead atoms. The molecule has 0 radical (unpaired) electrons. The van der Waals surface area contributed by atoms with Crippen molar-refractivity contribution in [1.29, 1.82) is 0 Å². The average Bonchev–Trinajstić information content (AvgIpc) is 2.87. The fraction of sp³-hybridized carbons (Fsp3) is 0.312. The van der Waals surface area contributed by atoms with Gasteiger partial charge < -0.3 is 15.5 Å². The van der Waals surface area contributed by atoms with Gasteiger partial charge in [0, 0.05) is 11.4 Å². The van der Waals surface area contributed by atoms with E-state index in [9.17, 15) is 4.79 Å². The van der Waals surface area contributed by atoms with Crippen molar-refractivity contribution in [1.82, 2.24) is 10.9 Å². The van der Waals surface area contributed by atoms with Gasteiger partial charge in [0.2, 0.25) is 0 Å². The Labute approximate surface area is 124 Å². The molecule has 2 aliphatic rings. The number of carbonyl (C=O) groups excluding carboxylic acids is 1. The van der Waals surface area contributed by atoms with Crippen LogP contribution in [0.4, 0.5) is 5.69 Å². The van der Waals surface area contributed by atoms with Crippen molar-refractivity contribution < 1.29 is 9.53 Å². The summed E-state index contributed by atoms with van der Waals surface area (Å²) in [6.45, 7) is 0.223. The first kappa shape index (κ1) is 13.5. The third kappa shape index (κ3) is 3.02. The molecule has 5 nitrogen and oxygen atoms in total. The summed E-state index contributed by atoms with van der Waals surface area (Å²) >= 11 is 0. The van der Waals surface area contributed by atoms with E-state index in [-0.39, 0.29) is 12.5 Å². The van der Waals surface area contributed by atoms with Crippen molar-refractivity contribution in [2.75, 3.05) is 19.0 Å². The maximum atomic E-state index is 11.8. The lowest BCUT2D eigenvalue weighted by Crippen LogP contribution is -2.43. The van der Waals surface area contributed by atoms with Crippen LogP contribution in [0.15, 0.2) is 47.7 Å². The van der Waals surface area contributed by atoms with Gasteiger partial charge in [0.05, 0.1) is 13.7 Å². The van der Waals surface area contributed by atoms with Gasteiger partial charge in [0.1, 0.15) is 5.75 Å². The van der Waals surface area contributed by atoms with Gasteiger partial charge in [-0.05, 0) is 48.6 Å². The van der Waals surface area contributed by atoms with Crippen LogP contribution in [0.5, 0.6) is 5.75 Å². The molecular weight excluding hydrogens is 266 g/mol. The molecule has 3 N–H and O–H groups in total. The number of hydrogen-bond acceptors (Lipinski definition) is 4. The van der Waals surface area contributed by atoms with Crippen LogP contribution >= 0.6 is 0 Å². The first-order valence-electron chi connectivity index (χ1n) is 7.08. The number of rotatable bonds is 6. The summed E-state index contributed by atoms with van der Waals surface area (Å²) in [5.41, 5.74) is 9.08. The van der Waals surface area contributed by atoms with Crippen molar-refractivity contribution in [3.05, 3.63) is 47.7 Å². The number of hydrogen-bond donors (Lipinski definition) is 3. The molecule has 0 saturated heterocycles. The molecule has 0 heterocycles. The molecule has 0 aliphatic heterocycles. The third-order valence-corrected chi connectivity index (χ3v) is 3.85. The summed E-state index contributed by atoms with van der Waals surface area (Å²) in [6, 6.07) is 7.46. The van der Waals surface area contributed by atoms with E-state index < -0.39 is 0 Å². The number of carbonyl (C=O) groups is 1. The Morgan fingerprint density at radius 3 is 2.86 bits per heavy atom. The molecule has 1 atom stereocenters. The Balaban J connectivity index is 1.42. The Kier molecular flexibility index (Phi) is 3.81. The maximum absolute atomic E-state index is 11.8. The number of methoxy groups -OCH3 is 1. The minimum atomic E-state index is -0.0932. The van der Waals surface area contributed by atoms with Crippen LogP contribution in [0, 0.1) is 5.92 Å². The third-order valence-electron chi connectivity index (χ3n) is 3.85. The van der Waals surface area contributed by atoms with E-state index in [1.807, 2.05) is 24.3 Å². The minimum absolute atomic E-state index is 0.0932. The summed E-state index contributed by atoms with van der Waals surface area (Å²) in [6.07, 6.45) is 6.47. The SMILES string of the molecule is COc1ccc(NCC(=O)NNC2=C3C=CC[C@@H]3C2)cc1. The summed E-state index contributed by atoms with van der Waals surface area (Å²) < 4.78 is 5.09. The second-order valence-corrected chi connectivity index (χ2v) is 5.23. The molecular formula is C16H19N3O2. The molecule has 0 spiro atoms. The summed E-state index contributed by atoms with van der Waals surface area (Å²) in [4.78, 5) is 11.8. The van der Waals surface area contributed by atoms with Crippen molar-refractivity contribution in [3.8, 4) is 5.75 Å². The molecule has 5 heteroatoms. The van der Waals surface area contributed by atoms with Crippen LogP contribution in [0.25, 0.3) is 0 Å². The minimum Gasteiger partial charge on any atom is -0.497 e. The van der Waals surface area contributed by atoms with Crippen molar-refractivity contribution >= 4 is 11.6 Å². The van der Waals surface area contributed by atoms with Gasteiger partial charge in [0.15, 0.2) is 0 Å². The average molecular weight is 285 g/mol. The van der Waals surface area contributed by atoms with Crippen LogP contribution in [-0.4, -0.2) is 19.6 Å². The fourth-order valence-electron chi connectivity index (χ4n) is 2.60. The lowest BCUT2D eigenvalue weighted by molar-refractivity contribution is -0.120. The molecule has 1 aromatic carbocycles. The highest BCUT2D eigenvalue weighted by Gasteiger charge is 2.29. The number of ether oxygens (including phenoxy) is 1. The van der Waals surface area contributed by atoms with Gasteiger partial charge >= 0.3 is 0 Å². The largest absolute Gasteiger partial charge is 0.497 e. The number of benzene rings is 1. The Bertz CT molecular complexity index is 590. The lowest BCUT2D eigenvalue weighted by atomic mass is 9.84. The number of hydrazine groups is 1. The zero-order valence-electron chi connectivity index (χ0n) is 12.0. The highest BCUT2D eigenvalue weighted by molar-refractivity contribution is 5.80. The van der Waals surface area contributed by atoms with Gasteiger partial charge in [-0.15, -0.1) is 0 Å². The Morgan fingerprint density at radius 1 is 1.33 bits per heavy atom. The maximum Gasteiger partial charge on any atom is 0.257 e. The van der Waals surface area contributed by atoms with Crippen LogP contribution in [0.1, 0.15) is 12.8 Å². The number of anilines is 1. The molecule has 1 amide bonds. The fourth-order valence-corrected chi connectivity index (χ4v) is 2.60. The van der Waals surface area contributed by atoms with E-state index >= 15 is 0 Å². The molecule has 21 heavy (non-hydrogen) atoms. The van der Waals surface area contributed by atoms with Gasteiger partial charge in [-0.3, -0.25) is 10.2 Å². The summed E-state index contributed by atoms with van der Waals surface area (Å²) in [5, 5.41) is 3.06. The number of fused-ring (bicyclic) bond motifs is 1. The molecule has 110 valence electrons. The second kappa shape index (κ2) is 5.91. The molecule has 0 unspecified atom stereocenters. The topological polar surface area (TPSA) is 62.4 Å². The summed E-state index contributed by atoms with van der Waals surface area (Å²) in [7, 11) is 1.63. The van der Waals surface area contributed by atoms with E-state index in [1.54, 1.807) is 7.11 Å². The van der Waals surface area contributed by atoms with Gasteiger partial charge in [-0.25, -0.2) is 0 Å². The quantitative estimate of drug-likeness (QED) is 0.699. The van der Waals surface area contributed by atoms with Gasteiger partial charge in [-0.2, -0.15) is 0 Å². The second-order valence-electron chi connectivity index (χ2n) is 5.23. The molecule has 0 aromatic heterocycles. The zero-order chi connectivity index (χ0) is 14.7. The first-order valence-corrected chi connectivity index (χ1v) is 7.08. The highest BCUT2D eigenvalue weighted by atomic mass is 16.5. The monoisotopic (exact) mass is 285 g/mol. The number of allylic oxidation sites excluding steroid dienone is 4. The predicted molar refractivity (Wildman–Crippen MR) is 81.7 cm³/mol. The van der Waals surface area contributed by atoms with Crippen LogP contribution in [0.3, 0.4) is 0 Å². The van der Waals surface area contributed by atoms with Crippen molar-refractivity contribution in [2.45, 2.75) is 12.8 Å². The van der Waals surface area contributed by atoms with Crippen LogP contribution < -0.4 is 20.9 Å². The molecule has 2 aliphatic carbocycles. The zero-order valence-corrected chi connectivity index (χ0v) is 12.0. The van der Waals surface area contributed by atoms with E-state index in [0.29, 0.717) is 5.92 Å². The lowest BCUT2D eigenvalue weighted by Gasteiger charge is -2.28. The van der Waals surface area contributed by atoms with Crippen LogP contribution in [-0.2, 0) is 4.79 Å². The predicted octanol–water partition coefficient (Wildman–Crippen LogP) is 1.96. The van der Waals surface area contributed by atoms with Crippen molar-refractivity contribution in [2.24, 2.45) is 5.92 Å². The summed E-state index contributed by atoms with van der Waals surface area (Å²) in [5.74, 6) is 1.37. The Morgan fingerprint density at radius 2 is 2.14 bits per heavy atom. The van der Waals surface area contributed by atoms with Gasteiger partial charge in [0.25, 0.3) is 5.91 Å². The van der Waals surface area contributed by atoms with E-state index in [1.165, 1.54) is 5.57 Å². The Hall–Kier alpha value is -2.43. The standard InChI is InChI=1S/C16H19N3O2/c1-21-13-7-5-12(6-8-13)17-10-16(20)19-18-15-9-11-3-2-4-14(11)15/h2,4-8,11,17-18H,3,9-10H2,1H3,(H,19,20)/t11-/m1/s1. The van der Waals surface area contributed by atoms with E-state index in [4.69, 9.17) is 4.74 Å². The normalized spacial score (nSPS) is 18.8. The highest BCUT2D eigenvalue weighted by Crippen LogP contribution is 2.40. The molecule has 0 fully saturated rings. The smallest absolute Gasteiger partial charge is 0.257 e. The first-order chi connectivity index (χ1) is 10.3. The molecule has 0 saturated carbocycles. The van der Waals surface area contributed by atoms with Crippen LogP contribution in [0.2, 0.25) is 0 Å². The molecule has 1 aromatic rings. The number of amides is 1. The number of nitrogens with one attached hydrogen (secondary N) is 3. The van der Waals surface area contributed by atoms with Crippen molar-refractivity contribution in [3.63, 3.8) is 0 Å².